The first-order chi connectivity index (χ1) is 5.95. The minimum absolute atomic E-state index is 0.824. The largest absolute Gasteiger partial charge is 0.381 e. The van der Waals surface area contributed by atoms with Crippen molar-refractivity contribution in [1.29, 1.82) is 0 Å². The van der Waals surface area contributed by atoms with Crippen molar-refractivity contribution < 1.29 is 4.74 Å². The summed E-state index contributed by atoms with van der Waals surface area (Å²) < 4.78 is 5.12. The Labute approximate surface area is 73.4 Å². The van der Waals surface area contributed by atoms with Gasteiger partial charge in [-0.2, -0.15) is 0 Å². The molecule has 0 spiro atoms. The molecule has 0 unspecified atom stereocenters. The normalized spacial score (nSPS) is 17.3. The number of ether oxygens (including phenoxy) is 1. The lowest BCUT2D eigenvalue weighted by molar-refractivity contribution is -0.0352. The van der Waals surface area contributed by atoms with Gasteiger partial charge in [-0.05, 0) is 18.4 Å². The second-order valence-corrected chi connectivity index (χ2v) is 3.43. The van der Waals surface area contributed by atoms with Gasteiger partial charge in [0.15, 0.2) is 0 Å². The highest BCUT2D eigenvalue weighted by molar-refractivity contribution is 5.14. The Bertz CT molecular complexity index is 226. The Morgan fingerprint density at radius 1 is 1.17 bits per heavy atom. The summed E-state index contributed by atoms with van der Waals surface area (Å²) >= 11 is 0. The molecule has 1 saturated heterocycles. The van der Waals surface area contributed by atoms with E-state index in [9.17, 15) is 0 Å². The second kappa shape index (κ2) is 3.72. The summed E-state index contributed by atoms with van der Waals surface area (Å²) in [6.45, 7) is 1.96. The van der Waals surface area contributed by atoms with Crippen LogP contribution in [0.1, 0.15) is 12.0 Å². The van der Waals surface area contributed by atoms with Gasteiger partial charge >= 0.3 is 0 Å². The van der Waals surface area contributed by atoms with Crippen molar-refractivity contribution in [1.82, 2.24) is 0 Å². The minimum Gasteiger partial charge on any atom is -0.381 e. The summed E-state index contributed by atoms with van der Waals surface area (Å²) in [5.74, 6) is 0.824. The van der Waals surface area contributed by atoms with Crippen LogP contribution in [0.3, 0.4) is 0 Å². The van der Waals surface area contributed by atoms with Crippen molar-refractivity contribution in [2.75, 3.05) is 13.2 Å². The Hall–Kier alpha value is -0.820. The topological polar surface area (TPSA) is 9.23 Å². The average Bonchev–Trinajstić information content (AvgIpc) is 2.04. The lowest BCUT2D eigenvalue weighted by Crippen LogP contribution is -2.27. The van der Waals surface area contributed by atoms with Crippen molar-refractivity contribution in [2.45, 2.75) is 12.8 Å². The Morgan fingerprint density at radius 2 is 1.92 bits per heavy atom. The number of hydrogen-bond donors (Lipinski definition) is 0. The molecule has 0 aliphatic carbocycles. The molecule has 64 valence electrons. The Kier molecular flexibility index (Phi) is 2.42. The van der Waals surface area contributed by atoms with E-state index in [0.29, 0.717) is 0 Å². The van der Waals surface area contributed by atoms with Gasteiger partial charge in [0.05, 0.1) is 13.2 Å². The van der Waals surface area contributed by atoms with E-state index in [1.165, 1.54) is 18.4 Å². The standard InChI is InChI=1S/C11H14O/c1-2-4-10(5-3-1)6-7-11-8-12-9-11/h1-5,11H,6-9H2. The monoisotopic (exact) mass is 162 g/mol. The maximum Gasteiger partial charge on any atom is 0.0516 e. The molecule has 1 heterocycles. The summed E-state index contributed by atoms with van der Waals surface area (Å²) in [7, 11) is 0. The summed E-state index contributed by atoms with van der Waals surface area (Å²) in [5, 5.41) is 0. The smallest absolute Gasteiger partial charge is 0.0516 e. The molecule has 0 N–H and O–H groups in total. The molecule has 1 aliphatic heterocycles. The first-order valence-corrected chi connectivity index (χ1v) is 4.57. The van der Waals surface area contributed by atoms with Crippen LogP contribution >= 0.6 is 0 Å². The highest BCUT2D eigenvalue weighted by Crippen LogP contribution is 2.16. The molecule has 1 nitrogen and oxygen atoms in total. The van der Waals surface area contributed by atoms with Crippen LogP contribution in [0.15, 0.2) is 30.3 Å². The highest BCUT2D eigenvalue weighted by atomic mass is 16.5. The van der Waals surface area contributed by atoms with Crippen molar-refractivity contribution in [3.63, 3.8) is 0 Å². The minimum atomic E-state index is 0.824. The molecular formula is C11H14O. The van der Waals surface area contributed by atoms with Gasteiger partial charge in [-0.25, -0.2) is 0 Å². The van der Waals surface area contributed by atoms with Crippen LogP contribution in [0.2, 0.25) is 0 Å². The quantitative estimate of drug-likeness (QED) is 0.662. The van der Waals surface area contributed by atoms with Crippen LogP contribution in [0.5, 0.6) is 0 Å². The van der Waals surface area contributed by atoms with Gasteiger partial charge < -0.3 is 4.74 Å². The number of benzene rings is 1. The van der Waals surface area contributed by atoms with Crippen LogP contribution in [0.4, 0.5) is 0 Å². The predicted octanol–water partition coefficient (Wildman–Crippen LogP) is 2.27. The van der Waals surface area contributed by atoms with Crippen LogP contribution in [-0.4, -0.2) is 13.2 Å². The Morgan fingerprint density at radius 3 is 2.50 bits per heavy atom. The molecule has 0 atom stereocenters. The predicted molar refractivity (Wildman–Crippen MR) is 49.1 cm³/mol. The van der Waals surface area contributed by atoms with Gasteiger partial charge in [-0.1, -0.05) is 30.3 Å². The maximum atomic E-state index is 5.12. The van der Waals surface area contributed by atoms with Gasteiger partial charge in [0.25, 0.3) is 0 Å². The third kappa shape index (κ3) is 1.86. The summed E-state index contributed by atoms with van der Waals surface area (Å²) in [6.07, 6.45) is 2.49. The van der Waals surface area contributed by atoms with E-state index in [-0.39, 0.29) is 0 Å². The highest BCUT2D eigenvalue weighted by Gasteiger charge is 2.17. The molecule has 0 bridgehead atoms. The summed E-state index contributed by atoms with van der Waals surface area (Å²) in [5.41, 5.74) is 1.45. The number of aryl methyl sites for hydroxylation is 1. The molecule has 1 aromatic carbocycles. The molecule has 0 amide bonds. The summed E-state index contributed by atoms with van der Waals surface area (Å²) in [4.78, 5) is 0. The maximum absolute atomic E-state index is 5.12. The lowest BCUT2D eigenvalue weighted by atomic mass is 9.98. The fraction of sp³-hybridized carbons (Fsp3) is 0.455. The zero-order chi connectivity index (χ0) is 8.23. The molecule has 0 saturated carbocycles. The van der Waals surface area contributed by atoms with Gasteiger partial charge in [0.1, 0.15) is 0 Å². The molecule has 1 aliphatic rings. The summed E-state index contributed by atoms with van der Waals surface area (Å²) in [6, 6.07) is 10.7. The van der Waals surface area contributed by atoms with E-state index < -0.39 is 0 Å². The van der Waals surface area contributed by atoms with E-state index in [0.717, 1.165) is 19.1 Å². The third-order valence-electron chi connectivity index (χ3n) is 2.39. The van der Waals surface area contributed by atoms with Crippen molar-refractivity contribution in [2.24, 2.45) is 5.92 Å². The van der Waals surface area contributed by atoms with Crippen molar-refractivity contribution >= 4 is 0 Å². The average molecular weight is 162 g/mol. The Balaban J connectivity index is 1.79. The molecule has 1 aromatic rings. The van der Waals surface area contributed by atoms with E-state index in [4.69, 9.17) is 4.74 Å². The second-order valence-electron chi connectivity index (χ2n) is 3.43. The zero-order valence-corrected chi connectivity index (χ0v) is 7.20. The molecule has 0 radical (unpaired) electrons. The lowest BCUT2D eigenvalue weighted by Gasteiger charge is -2.25. The van der Waals surface area contributed by atoms with Crippen molar-refractivity contribution in [3.8, 4) is 0 Å². The van der Waals surface area contributed by atoms with Crippen LogP contribution < -0.4 is 0 Å². The van der Waals surface area contributed by atoms with Gasteiger partial charge in [0.2, 0.25) is 0 Å². The van der Waals surface area contributed by atoms with Crippen LogP contribution in [-0.2, 0) is 11.2 Å². The molecule has 2 rings (SSSR count). The fourth-order valence-electron chi connectivity index (χ4n) is 1.47. The van der Waals surface area contributed by atoms with E-state index >= 15 is 0 Å². The fourth-order valence-corrected chi connectivity index (χ4v) is 1.47. The van der Waals surface area contributed by atoms with Crippen LogP contribution in [0.25, 0.3) is 0 Å². The first kappa shape index (κ1) is 7.81. The zero-order valence-electron chi connectivity index (χ0n) is 7.20. The van der Waals surface area contributed by atoms with E-state index in [1.807, 2.05) is 0 Å². The SMILES string of the molecule is c1ccc(CCC2COC2)cc1. The molecule has 0 aromatic heterocycles. The first-order valence-electron chi connectivity index (χ1n) is 4.57. The van der Waals surface area contributed by atoms with Crippen LogP contribution in [0, 0.1) is 5.92 Å². The number of rotatable bonds is 3. The number of hydrogen-bond acceptors (Lipinski definition) is 1. The van der Waals surface area contributed by atoms with Gasteiger partial charge in [0, 0.05) is 5.92 Å². The van der Waals surface area contributed by atoms with Gasteiger partial charge in [-0.15, -0.1) is 0 Å². The van der Waals surface area contributed by atoms with Crippen molar-refractivity contribution in [3.05, 3.63) is 35.9 Å². The molecule has 12 heavy (non-hydrogen) atoms. The van der Waals surface area contributed by atoms with E-state index in [1.54, 1.807) is 0 Å². The van der Waals surface area contributed by atoms with Gasteiger partial charge in [-0.3, -0.25) is 0 Å². The third-order valence-corrected chi connectivity index (χ3v) is 2.39. The molecular weight excluding hydrogens is 148 g/mol. The molecule has 1 heteroatoms. The molecule has 1 fully saturated rings. The van der Waals surface area contributed by atoms with E-state index in [2.05, 4.69) is 30.3 Å².